The third-order valence-electron chi connectivity index (χ3n) is 3.30. The van der Waals surface area contributed by atoms with Crippen molar-refractivity contribution in [3.8, 4) is 17.2 Å². The van der Waals surface area contributed by atoms with Crippen molar-refractivity contribution in [2.24, 2.45) is 0 Å². The quantitative estimate of drug-likeness (QED) is 0.872. The molecule has 0 aromatic heterocycles. The van der Waals surface area contributed by atoms with Gasteiger partial charge in [-0.05, 0) is 42.3 Å². The summed E-state index contributed by atoms with van der Waals surface area (Å²) in [6, 6.07) is 11.9. The third kappa shape index (κ3) is 2.81. The predicted molar refractivity (Wildman–Crippen MR) is 83.3 cm³/mol. The van der Waals surface area contributed by atoms with E-state index in [1.807, 2.05) is 24.3 Å². The van der Waals surface area contributed by atoms with E-state index >= 15 is 0 Å². The van der Waals surface area contributed by atoms with Crippen LogP contribution >= 0.6 is 0 Å². The molecule has 0 radical (unpaired) electrons. The Hall–Kier alpha value is -2.75. The molecule has 112 valence electrons. The summed E-state index contributed by atoms with van der Waals surface area (Å²) in [5.41, 5.74) is 1.32. The summed E-state index contributed by atoms with van der Waals surface area (Å²) >= 11 is 0. The lowest BCUT2D eigenvalue weighted by atomic mass is 10.1. The zero-order chi connectivity index (χ0) is 15.5. The Balaban J connectivity index is 1.80. The van der Waals surface area contributed by atoms with E-state index in [-0.39, 0.29) is 17.3 Å². The fourth-order valence-electron chi connectivity index (χ4n) is 2.21. The van der Waals surface area contributed by atoms with Crippen molar-refractivity contribution in [3.05, 3.63) is 59.4 Å². The lowest BCUT2D eigenvalue weighted by Crippen LogP contribution is -1.98. The van der Waals surface area contributed by atoms with E-state index in [4.69, 9.17) is 9.47 Å². The van der Waals surface area contributed by atoms with E-state index in [0.717, 1.165) is 17.7 Å². The van der Waals surface area contributed by atoms with E-state index < -0.39 is 0 Å². The van der Waals surface area contributed by atoms with Crippen LogP contribution in [0, 0.1) is 0 Å². The Morgan fingerprint density at radius 2 is 1.95 bits per heavy atom. The summed E-state index contributed by atoms with van der Waals surface area (Å²) in [5.74, 6) is 1.34. The minimum absolute atomic E-state index is 0.0743. The number of Topliss-reactive ketones (excluding diaryl/α,β-unsaturated/α-hetero) is 1. The first kappa shape index (κ1) is 14.2. The minimum atomic E-state index is -0.179. The number of aromatic hydroxyl groups is 1. The monoisotopic (exact) mass is 296 g/mol. The van der Waals surface area contributed by atoms with Gasteiger partial charge in [-0.25, -0.2) is 0 Å². The zero-order valence-corrected chi connectivity index (χ0v) is 12.2. The van der Waals surface area contributed by atoms with Crippen LogP contribution in [0.5, 0.6) is 17.2 Å². The average Bonchev–Trinajstić information content (AvgIpc) is 2.82. The van der Waals surface area contributed by atoms with Crippen molar-refractivity contribution in [2.45, 2.75) is 13.3 Å². The molecule has 4 heteroatoms. The van der Waals surface area contributed by atoms with E-state index in [9.17, 15) is 9.90 Å². The maximum Gasteiger partial charge on any atom is 0.231 e. The molecule has 0 bridgehead atoms. The Labute approximate surface area is 128 Å². The molecule has 1 aliphatic rings. The number of carbonyl (C=O) groups is 1. The molecule has 1 N–H and O–H groups in total. The van der Waals surface area contributed by atoms with Gasteiger partial charge in [-0.2, -0.15) is 0 Å². The van der Waals surface area contributed by atoms with E-state index in [0.29, 0.717) is 17.9 Å². The molecular weight excluding hydrogens is 280 g/mol. The summed E-state index contributed by atoms with van der Waals surface area (Å²) in [4.78, 5) is 12.2. The van der Waals surface area contributed by atoms with Crippen LogP contribution in [0.2, 0.25) is 0 Å². The summed E-state index contributed by atoms with van der Waals surface area (Å²) in [6.07, 6.45) is 2.64. The minimum Gasteiger partial charge on any atom is -0.508 e. The number of fused-ring (bicyclic) bond motifs is 1. The van der Waals surface area contributed by atoms with Crippen LogP contribution in [0.15, 0.2) is 48.2 Å². The fourth-order valence-corrected chi connectivity index (χ4v) is 2.21. The standard InChI is InChI=1S/C18H16O4/c1-2-9-21-14-6-3-12(4-7-14)10-17-18(20)15-8-5-13(19)11-16(15)22-17/h3-8,10-11,19H,2,9H2,1H3/b17-10-. The molecule has 22 heavy (non-hydrogen) atoms. The second-order valence-corrected chi connectivity index (χ2v) is 5.04. The van der Waals surface area contributed by atoms with Crippen LogP contribution in [0.1, 0.15) is 29.3 Å². The van der Waals surface area contributed by atoms with Crippen LogP contribution in [-0.2, 0) is 0 Å². The van der Waals surface area contributed by atoms with Crippen molar-refractivity contribution in [3.63, 3.8) is 0 Å². The predicted octanol–water partition coefficient (Wildman–Crippen LogP) is 3.80. The molecule has 0 amide bonds. The molecule has 0 aliphatic carbocycles. The summed E-state index contributed by atoms with van der Waals surface area (Å²) in [5, 5.41) is 9.44. The highest BCUT2D eigenvalue weighted by Crippen LogP contribution is 2.34. The number of benzene rings is 2. The fraction of sp³-hybridized carbons (Fsp3) is 0.167. The van der Waals surface area contributed by atoms with Gasteiger partial charge in [0.25, 0.3) is 0 Å². The van der Waals surface area contributed by atoms with Gasteiger partial charge in [0.05, 0.1) is 12.2 Å². The van der Waals surface area contributed by atoms with Gasteiger partial charge in [0.1, 0.15) is 17.2 Å². The Morgan fingerprint density at radius 3 is 2.68 bits per heavy atom. The van der Waals surface area contributed by atoms with Crippen molar-refractivity contribution in [1.29, 1.82) is 0 Å². The second-order valence-electron chi connectivity index (χ2n) is 5.04. The summed E-state index contributed by atoms with van der Waals surface area (Å²) < 4.78 is 11.0. The maximum atomic E-state index is 12.2. The largest absolute Gasteiger partial charge is 0.508 e. The third-order valence-corrected chi connectivity index (χ3v) is 3.30. The maximum absolute atomic E-state index is 12.2. The van der Waals surface area contributed by atoms with E-state index in [1.54, 1.807) is 12.1 Å². The molecule has 0 saturated carbocycles. The number of phenolic OH excluding ortho intramolecular Hbond substituents is 1. The number of allylic oxidation sites excluding steroid dienone is 1. The number of hydrogen-bond donors (Lipinski definition) is 1. The first-order valence-electron chi connectivity index (χ1n) is 7.17. The van der Waals surface area contributed by atoms with Gasteiger partial charge in [0.2, 0.25) is 5.78 Å². The molecule has 4 nitrogen and oxygen atoms in total. The molecule has 2 aromatic rings. The van der Waals surface area contributed by atoms with Crippen molar-refractivity contribution in [1.82, 2.24) is 0 Å². The molecule has 0 spiro atoms. The second kappa shape index (κ2) is 5.93. The highest BCUT2D eigenvalue weighted by molar-refractivity contribution is 6.14. The van der Waals surface area contributed by atoms with E-state index in [1.165, 1.54) is 12.1 Å². The Morgan fingerprint density at radius 1 is 1.18 bits per heavy atom. The first-order chi connectivity index (χ1) is 10.7. The van der Waals surface area contributed by atoms with Gasteiger partial charge >= 0.3 is 0 Å². The van der Waals surface area contributed by atoms with Crippen molar-refractivity contribution in [2.75, 3.05) is 6.61 Å². The molecule has 2 aromatic carbocycles. The lowest BCUT2D eigenvalue weighted by molar-refractivity contribution is 0.101. The number of phenols is 1. The SMILES string of the molecule is CCCOc1ccc(/C=C2\Oc3cc(O)ccc3C2=O)cc1. The van der Waals surface area contributed by atoms with Crippen LogP contribution in [0.4, 0.5) is 0 Å². The molecule has 0 fully saturated rings. The van der Waals surface area contributed by atoms with Crippen LogP contribution < -0.4 is 9.47 Å². The van der Waals surface area contributed by atoms with Crippen LogP contribution in [0.25, 0.3) is 6.08 Å². The van der Waals surface area contributed by atoms with Crippen LogP contribution in [0.3, 0.4) is 0 Å². The van der Waals surface area contributed by atoms with E-state index in [2.05, 4.69) is 6.92 Å². The number of hydrogen-bond acceptors (Lipinski definition) is 4. The molecule has 0 unspecified atom stereocenters. The van der Waals surface area contributed by atoms with Gasteiger partial charge in [-0.1, -0.05) is 19.1 Å². The normalized spacial score (nSPS) is 14.8. The number of ether oxygens (including phenoxy) is 2. The molecule has 0 saturated heterocycles. The summed E-state index contributed by atoms with van der Waals surface area (Å²) in [6.45, 7) is 2.73. The Bertz CT molecular complexity index is 729. The molecule has 1 aliphatic heterocycles. The average molecular weight is 296 g/mol. The lowest BCUT2D eigenvalue weighted by Gasteiger charge is -2.04. The highest BCUT2D eigenvalue weighted by Gasteiger charge is 2.27. The molecule has 1 heterocycles. The van der Waals surface area contributed by atoms with Crippen LogP contribution in [-0.4, -0.2) is 17.5 Å². The number of rotatable bonds is 4. The molecule has 0 atom stereocenters. The van der Waals surface area contributed by atoms with Gasteiger partial charge in [-0.15, -0.1) is 0 Å². The smallest absolute Gasteiger partial charge is 0.231 e. The first-order valence-corrected chi connectivity index (χ1v) is 7.17. The van der Waals surface area contributed by atoms with Crippen molar-refractivity contribution < 1.29 is 19.4 Å². The van der Waals surface area contributed by atoms with Gasteiger partial charge in [0, 0.05) is 6.07 Å². The Kier molecular flexibility index (Phi) is 3.83. The molecular formula is C18H16O4. The van der Waals surface area contributed by atoms with Gasteiger partial charge in [0.15, 0.2) is 5.76 Å². The highest BCUT2D eigenvalue weighted by atomic mass is 16.5. The number of carbonyl (C=O) groups excluding carboxylic acids is 1. The molecule has 3 rings (SSSR count). The number of ketones is 1. The van der Waals surface area contributed by atoms with Gasteiger partial charge in [-0.3, -0.25) is 4.79 Å². The summed E-state index contributed by atoms with van der Waals surface area (Å²) in [7, 11) is 0. The van der Waals surface area contributed by atoms with Crippen molar-refractivity contribution >= 4 is 11.9 Å². The topological polar surface area (TPSA) is 55.8 Å². The van der Waals surface area contributed by atoms with Gasteiger partial charge < -0.3 is 14.6 Å². The zero-order valence-electron chi connectivity index (χ0n) is 12.2.